The molecule has 5 rings (SSSR count). The summed E-state index contributed by atoms with van der Waals surface area (Å²) in [6.45, 7) is 4.61. The van der Waals surface area contributed by atoms with Crippen molar-refractivity contribution in [2.75, 3.05) is 5.43 Å². The quantitative estimate of drug-likeness (QED) is 0.398. The summed E-state index contributed by atoms with van der Waals surface area (Å²) in [5.74, 6) is 2.20. The standard InChI is InChI=1S/C16H22N4O4/c1-15(2)9-5-11-12(6-9)16(11,15)8-17-18-13-4-3-10(19(21)22)7-14(13)20(23)24/h3-4,7-9,11-12,18-21,23H,5-6H2,1-2H3. The fourth-order valence-electron chi connectivity index (χ4n) is 5.41. The maximum atomic E-state index is 11.4. The van der Waals surface area contributed by atoms with Crippen molar-refractivity contribution in [1.82, 2.24) is 0 Å². The van der Waals surface area contributed by atoms with Crippen molar-refractivity contribution in [3.05, 3.63) is 28.6 Å². The topological polar surface area (TPSA) is 120 Å². The van der Waals surface area contributed by atoms with Gasteiger partial charge in [-0.3, -0.25) is 5.43 Å². The number of nitrogens with zero attached hydrogens (tertiary/aromatic N) is 1. The van der Waals surface area contributed by atoms with E-state index in [9.17, 15) is 15.6 Å². The van der Waals surface area contributed by atoms with Gasteiger partial charge in [-0.05, 0) is 42.1 Å². The molecule has 130 valence electrons. The number of benzene rings is 1. The van der Waals surface area contributed by atoms with Crippen LogP contribution in [0.5, 0.6) is 0 Å². The second kappa shape index (κ2) is 4.98. The monoisotopic (exact) mass is 334 g/mol. The van der Waals surface area contributed by atoms with Crippen molar-refractivity contribution >= 4 is 23.3 Å². The number of anilines is 1. The predicted molar refractivity (Wildman–Crippen MR) is 86.0 cm³/mol. The van der Waals surface area contributed by atoms with Crippen LogP contribution in [-0.2, 0) is 0 Å². The lowest BCUT2D eigenvalue weighted by Crippen LogP contribution is -3.00. The van der Waals surface area contributed by atoms with Gasteiger partial charge in [-0.1, -0.05) is 13.8 Å². The first-order valence-corrected chi connectivity index (χ1v) is 8.20. The van der Waals surface area contributed by atoms with E-state index in [4.69, 9.17) is 5.21 Å². The average molecular weight is 334 g/mol. The SMILES string of the molecule is CC1(C)C2CC3C(C2)C31C=NNc1ccc([NH+]([O-])O)cc1[NH+]([O-])O. The van der Waals surface area contributed by atoms with E-state index in [1.165, 1.54) is 25.0 Å². The Kier molecular flexibility index (Phi) is 3.31. The van der Waals surface area contributed by atoms with Crippen LogP contribution in [0.15, 0.2) is 23.3 Å². The van der Waals surface area contributed by atoms with E-state index in [1.54, 1.807) is 0 Å². The van der Waals surface area contributed by atoms with E-state index in [-0.39, 0.29) is 22.2 Å². The molecular formula is C16H22N4O4. The summed E-state index contributed by atoms with van der Waals surface area (Å²) in [4.78, 5) is 0. The van der Waals surface area contributed by atoms with Gasteiger partial charge in [0.25, 0.3) is 0 Å². The van der Waals surface area contributed by atoms with Crippen molar-refractivity contribution < 1.29 is 20.9 Å². The van der Waals surface area contributed by atoms with Gasteiger partial charge in [0.15, 0.2) is 11.4 Å². The van der Waals surface area contributed by atoms with Gasteiger partial charge in [0, 0.05) is 17.7 Å². The lowest BCUT2D eigenvalue weighted by atomic mass is 9.76. The highest BCUT2D eigenvalue weighted by Gasteiger charge is 2.81. The summed E-state index contributed by atoms with van der Waals surface area (Å²) >= 11 is 0. The zero-order valence-electron chi connectivity index (χ0n) is 13.6. The minimum absolute atomic E-state index is 0.0551. The molecule has 0 saturated heterocycles. The van der Waals surface area contributed by atoms with Gasteiger partial charge < -0.3 is 10.4 Å². The molecule has 24 heavy (non-hydrogen) atoms. The first kappa shape index (κ1) is 15.9. The molecule has 0 aromatic heterocycles. The number of nitrogens with one attached hydrogen (secondary N) is 3. The maximum Gasteiger partial charge on any atom is 0.195 e. The molecule has 0 heterocycles. The summed E-state index contributed by atoms with van der Waals surface area (Å²) in [5, 5.41) is 42.6. The molecule has 4 bridgehead atoms. The maximum absolute atomic E-state index is 11.4. The smallest absolute Gasteiger partial charge is 0.195 e. The van der Waals surface area contributed by atoms with Gasteiger partial charge in [0.2, 0.25) is 0 Å². The van der Waals surface area contributed by atoms with Crippen molar-refractivity contribution in [2.45, 2.75) is 26.7 Å². The summed E-state index contributed by atoms with van der Waals surface area (Å²) < 4.78 is 0. The van der Waals surface area contributed by atoms with Crippen molar-refractivity contribution in [3.8, 4) is 0 Å². The molecule has 4 aliphatic carbocycles. The number of rotatable bonds is 5. The second-order valence-electron chi connectivity index (χ2n) is 7.78. The Morgan fingerprint density at radius 1 is 1.21 bits per heavy atom. The van der Waals surface area contributed by atoms with Crippen molar-refractivity contribution in [1.29, 1.82) is 0 Å². The Morgan fingerprint density at radius 2 is 1.88 bits per heavy atom. The summed E-state index contributed by atoms with van der Waals surface area (Å²) in [6, 6.07) is 3.98. The largest absolute Gasteiger partial charge is 0.595 e. The third-order valence-corrected chi connectivity index (χ3v) is 6.78. The molecule has 4 fully saturated rings. The van der Waals surface area contributed by atoms with E-state index < -0.39 is 10.5 Å². The van der Waals surface area contributed by atoms with Crippen molar-refractivity contribution in [2.24, 2.45) is 33.7 Å². The minimum Gasteiger partial charge on any atom is -0.595 e. The molecule has 4 atom stereocenters. The number of hydrogen-bond acceptors (Lipinski definition) is 6. The second-order valence-corrected chi connectivity index (χ2v) is 7.78. The minimum atomic E-state index is -1.18. The van der Waals surface area contributed by atoms with Crippen LogP contribution in [0.4, 0.5) is 17.1 Å². The zero-order chi connectivity index (χ0) is 17.3. The highest BCUT2D eigenvalue weighted by molar-refractivity contribution is 5.77. The molecule has 4 saturated carbocycles. The van der Waals surface area contributed by atoms with Crippen molar-refractivity contribution in [3.63, 3.8) is 0 Å². The zero-order valence-corrected chi connectivity index (χ0v) is 13.6. The van der Waals surface area contributed by atoms with Gasteiger partial charge >= 0.3 is 0 Å². The predicted octanol–water partition coefficient (Wildman–Crippen LogP) is 0.573. The molecule has 8 heteroatoms. The van der Waals surface area contributed by atoms with E-state index in [0.717, 1.165) is 23.8 Å². The lowest BCUT2D eigenvalue weighted by Gasteiger charge is -2.29. The van der Waals surface area contributed by atoms with Crippen LogP contribution >= 0.6 is 0 Å². The number of quaternary nitrogens is 2. The number of hydrazone groups is 1. The molecule has 4 unspecified atom stereocenters. The molecule has 0 radical (unpaired) electrons. The van der Waals surface area contributed by atoms with Gasteiger partial charge in [-0.25, -0.2) is 10.4 Å². The summed E-state index contributed by atoms with van der Waals surface area (Å²) in [6.07, 6.45) is 4.53. The Labute approximate surface area is 139 Å². The van der Waals surface area contributed by atoms with Crippen LogP contribution in [0.25, 0.3) is 0 Å². The molecule has 8 nitrogen and oxygen atoms in total. The molecular weight excluding hydrogens is 312 g/mol. The van der Waals surface area contributed by atoms with E-state index in [1.807, 2.05) is 6.21 Å². The first-order valence-electron chi connectivity index (χ1n) is 8.20. The van der Waals surface area contributed by atoms with Gasteiger partial charge in [-0.15, -0.1) is 0 Å². The van der Waals surface area contributed by atoms with Gasteiger partial charge in [-0.2, -0.15) is 15.6 Å². The molecule has 5 N–H and O–H groups in total. The summed E-state index contributed by atoms with van der Waals surface area (Å²) in [7, 11) is 0. The van der Waals surface area contributed by atoms with Crippen LogP contribution in [0.2, 0.25) is 0 Å². The van der Waals surface area contributed by atoms with Crippen LogP contribution in [-0.4, -0.2) is 16.6 Å². The van der Waals surface area contributed by atoms with Crippen LogP contribution in [0, 0.1) is 39.0 Å². The number of hydrogen-bond donors (Lipinski definition) is 5. The Balaban J connectivity index is 1.55. The molecule has 0 spiro atoms. The van der Waals surface area contributed by atoms with Crippen LogP contribution < -0.4 is 15.9 Å². The molecule has 0 aliphatic heterocycles. The first-order chi connectivity index (χ1) is 11.3. The Morgan fingerprint density at radius 3 is 2.38 bits per heavy atom. The van der Waals surface area contributed by atoms with E-state index in [0.29, 0.717) is 5.69 Å². The van der Waals surface area contributed by atoms with Gasteiger partial charge in [0.05, 0.1) is 6.07 Å². The Hall–Kier alpha value is -1.55. The van der Waals surface area contributed by atoms with E-state index >= 15 is 0 Å². The third-order valence-electron chi connectivity index (χ3n) is 6.78. The lowest BCUT2D eigenvalue weighted by molar-refractivity contribution is -0.996. The summed E-state index contributed by atoms with van der Waals surface area (Å²) in [5.41, 5.74) is 3.37. The highest BCUT2D eigenvalue weighted by atomic mass is 16.8. The normalized spacial score (nSPS) is 37.7. The van der Waals surface area contributed by atoms with E-state index in [2.05, 4.69) is 24.4 Å². The fraction of sp³-hybridized carbons (Fsp3) is 0.562. The third kappa shape index (κ3) is 1.92. The molecule has 1 aromatic rings. The van der Waals surface area contributed by atoms with Crippen LogP contribution in [0.3, 0.4) is 0 Å². The Bertz CT molecular complexity index is 691. The van der Waals surface area contributed by atoms with Crippen LogP contribution in [0.1, 0.15) is 26.7 Å². The molecule has 0 amide bonds. The average Bonchev–Trinajstić information content (AvgIpc) is 2.81. The highest BCUT2D eigenvalue weighted by Crippen LogP contribution is 2.85. The molecule has 1 aromatic carbocycles. The molecule has 4 aliphatic rings. The fourth-order valence-corrected chi connectivity index (χ4v) is 5.41. The van der Waals surface area contributed by atoms with Gasteiger partial charge in [0.1, 0.15) is 5.69 Å².